The molecule has 0 spiro atoms. The number of Topliss-reactive ketones (excluding diaryl/α,β-unsaturated/α-hetero) is 1. The number of carbonyl (C=O) groups excluding carboxylic acids is 2. The second-order valence-electron chi connectivity index (χ2n) is 9.81. The fraction of sp³-hybridized carbons (Fsp3) is 0.542. The van der Waals surface area contributed by atoms with E-state index in [1.165, 1.54) is 12.1 Å². The Balaban J connectivity index is 2.03. The van der Waals surface area contributed by atoms with Crippen molar-refractivity contribution in [1.29, 1.82) is 0 Å². The first-order valence-corrected chi connectivity index (χ1v) is 11.4. The maximum Gasteiger partial charge on any atom is 0.223 e. The number of carbonyl (C=O) groups is 2. The Morgan fingerprint density at radius 2 is 2.00 bits per heavy atom. The Morgan fingerprint density at radius 3 is 2.62 bits per heavy atom. The first kappa shape index (κ1) is 24.4. The van der Waals surface area contributed by atoms with Gasteiger partial charge in [0.25, 0.3) is 0 Å². The van der Waals surface area contributed by atoms with E-state index in [0.717, 1.165) is 18.7 Å². The molecule has 0 saturated heterocycles. The summed E-state index contributed by atoms with van der Waals surface area (Å²) in [6.45, 7) is 8.29. The molecule has 3 rings (SSSR count). The molecule has 8 heteroatoms. The van der Waals surface area contributed by atoms with Gasteiger partial charge in [-0.05, 0) is 50.0 Å². The van der Waals surface area contributed by atoms with E-state index in [2.05, 4.69) is 36.0 Å². The fourth-order valence-electron chi connectivity index (χ4n) is 4.32. The zero-order valence-electron chi connectivity index (χ0n) is 19.5. The summed E-state index contributed by atoms with van der Waals surface area (Å²) in [4.78, 5) is 32.8. The quantitative estimate of drug-likeness (QED) is 0.639. The molecule has 1 aromatic heterocycles. The van der Waals surface area contributed by atoms with Crippen LogP contribution in [0, 0.1) is 17.2 Å². The van der Waals surface area contributed by atoms with Gasteiger partial charge in [-0.1, -0.05) is 32.4 Å². The zero-order chi connectivity index (χ0) is 23.6. The van der Waals surface area contributed by atoms with Crippen molar-refractivity contribution < 1.29 is 14.0 Å². The Kier molecular flexibility index (Phi) is 7.40. The van der Waals surface area contributed by atoms with Crippen molar-refractivity contribution in [3.8, 4) is 11.4 Å². The van der Waals surface area contributed by atoms with E-state index < -0.39 is 11.7 Å². The van der Waals surface area contributed by atoms with Crippen LogP contribution < -0.4 is 5.32 Å². The van der Waals surface area contributed by atoms with Gasteiger partial charge in [-0.25, -0.2) is 9.37 Å². The van der Waals surface area contributed by atoms with Crippen molar-refractivity contribution in [2.45, 2.75) is 53.1 Å². The molecule has 0 unspecified atom stereocenters. The van der Waals surface area contributed by atoms with Crippen molar-refractivity contribution in [2.24, 2.45) is 11.3 Å². The van der Waals surface area contributed by atoms with E-state index in [1.807, 2.05) is 11.6 Å². The lowest BCUT2D eigenvalue weighted by molar-refractivity contribution is -0.125. The lowest BCUT2D eigenvalue weighted by Crippen LogP contribution is -2.32. The molecule has 1 aliphatic rings. The Morgan fingerprint density at radius 1 is 1.28 bits per heavy atom. The number of imidazole rings is 1. The van der Waals surface area contributed by atoms with Gasteiger partial charge in [0.1, 0.15) is 17.3 Å². The SMILES string of the molecule is CNC(=O)[C@@H](CC(=O)c1nc(-c2ccc(Cl)c(F)c2)n2c1CN(C)CCC2)CC(C)(C)C. The third-order valence-corrected chi connectivity index (χ3v) is 6.07. The van der Waals surface area contributed by atoms with E-state index >= 15 is 0 Å². The molecule has 0 aliphatic carbocycles. The van der Waals surface area contributed by atoms with Gasteiger partial charge in [-0.3, -0.25) is 9.59 Å². The highest BCUT2D eigenvalue weighted by atomic mass is 35.5. The van der Waals surface area contributed by atoms with Crippen LogP contribution >= 0.6 is 11.6 Å². The average Bonchev–Trinajstić information content (AvgIpc) is 2.94. The van der Waals surface area contributed by atoms with Crippen molar-refractivity contribution in [3.63, 3.8) is 0 Å². The molecule has 1 amide bonds. The zero-order valence-corrected chi connectivity index (χ0v) is 20.2. The summed E-state index contributed by atoms with van der Waals surface area (Å²) in [6, 6.07) is 4.58. The minimum Gasteiger partial charge on any atom is -0.359 e. The van der Waals surface area contributed by atoms with Crippen LogP contribution in [-0.4, -0.2) is 46.8 Å². The van der Waals surface area contributed by atoms with Crippen LogP contribution in [0.3, 0.4) is 0 Å². The minimum absolute atomic E-state index is 0.0445. The predicted octanol–water partition coefficient (Wildman–Crippen LogP) is 4.55. The predicted molar refractivity (Wildman–Crippen MR) is 124 cm³/mol. The van der Waals surface area contributed by atoms with E-state index in [9.17, 15) is 14.0 Å². The minimum atomic E-state index is -0.523. The van der Waals surface area contributed by atoms with Gasteiger partial charge >= 0.3 is 0 Å². The number of aromatic nitrogens is 2. The highest BCUT2D eigenvalue weighted by Gasteiger charge is 2.31. The van der Waals surface area contributed by atoms with Crippen LogP contribution in [-0.2, 0) is 17.9 Å². The normalized spacial score (nSPS) is 15.7. The average molecular weight is 463 g/mol. The molecule has 0 saturated carbocycles. The largest absolute Gasteiger partial charge is 0.359 e. The number of rotatable bonds is 6. The topological polar surface area (TPSA) is 67.2 Å². The third-order valence-electron chi connectivity index (χ3n) is 5.76. The van der Waals surface area contributed by atoms with Gasteiger partial charge in [0, 0.05) is 38.0 Å². The van der Waals surface area contributed by atoms with Crippen molar-refractivity contribution in [2.75, 3.05) is 20.6 Å². The van der Waals surface area contributed by atoms with E-state index in [1.54, 1.807) is 13.1 Å². The van der Waals surface area contributed by atoms with Gasteiger partial charge in [-0.15, -0.1) is 0 Å². The molecule has 2 heterocycles. The van der Waals surface area contributed by atoms with Crippen LogP contribution in [0.1, 0.15) is 56.2 Å². The summed E-state index contributed by atoms with van der Waals surface area (Å²) in [6.07, 6.45) is 1.56. The number of ketones is 1. The summed E-state index contributed by atoms with van der Waals surface area (Å²) in [5, 5.41) is 2.73. The smallest absolute Gasteiger partial charge is 0.223 e. The molecule has 0 radical (unpaired) electrons. The molecular weight excluding hydrogens is 431 g/mol. The number of fused-ring (bicyclic) bond motifs is 1. The summed E-state index contributed by atoms with van der Waals surface area (Å²) in [5.41, 5.74) is 1.65. The lowest BCUT2D eigenvalue weighted by Gasteiger charge is -2.24. The molecule has 6 nitrogen and oxygen atoms in total. The molecule has 32 heavy (non-hydrogen) atoms. The Labute approximate surface area is 194 Å². The van der Waals surface area contributed by atoms with Gasteiger partial charge in [0.2, 0.25) is 5.91 Å². The molecular formula is C24H32ClFN4O2. The molecule has 1 aliphatic heterocycles. The van der Waals surface area contributed by atoms with E-state index in [-0.39, 0.29) is 28.5 Å². The lowest BCUT2D eigenvalue weighted by atomic mass is 9.81. The van der Waals surface area contributed by atoms with Crippen molar-refractivity contribution >= 4 is 23.3 Å². The molecule has 1 atom stereocenters. The van der Waals surface area contributed by atoms with Crippen LogP contribution in [0.15, 0.2) is 18.2 Å². The number of nitrogens with one attached hydrogen (secondary N) is 1. The Hall–Kier alpha value is -2.25. The molecule has 1 N–H and O–H groups in total. The fourth-order valence-corrected chi connectivity index (χ4v) is 4.44. The molecule has 1 aromatic carbocycles. The number of hydrogen-bond donors (Lipinski definition) is 1. The number of amides is 1. The van der Waals surface area contributed by atoms with Gasteiger partial charge in [0.15, 0.2) is 5.78 Å². The van der Waals surface area contributed by atoms with Crippen molar-refractivity contribution in [1.82, 2.24) is 19.8 Å². The first-order valence-electron chi connectivity index (χ1n) is 11.0. The number of benzene rings is 1. The highest BCUT2D eigenvalue weighted by Crippen LogP contribution is 2.31. The Bertz CT molecular complexity index is 1010. The summed E-state index contributed by atoms with van der Waals surface area (Å²) in [7, 11) is 3.60. The summed E-state index contributed by atoms with van der Waals surface area (Å²) in [5.74, 6) is -0.713. The number of hydrogen-bond acceptors (Lipinski definition) is 4. The van der Waals surface area contributed by atoms with Crippen LogP contribution in [0.25, 0.3) is 11.4 Å². The van der Waals surface area contributed by atoms with Gasteiger partial charge in [-0.2, -0.15) is 0 Å². The second kappa shape index (κ2) is 9.71. The molecule has 174 valence electrons. The maximum atomic E-state index is 14.2. The monoisotopic (exact) mass is 462 g/mol. The maximum absolute atomic E-state index is 14.2. The standard InChI is InChI=1S/C24H32ClFN4O2/c1-24(2,3)13-16(23(32)27-4)12-20(31)21-19-14-29(5)9-6-10-30(19)22(28-21)15-7-8-17(25)18(26)11-15/h7-8,11,16H,6,9-10,12-14H2,1-5H3,(H,27,32)/t16-/m0/s1. The van der Waals surface area contributed by atoms with E-state index in [4.69, 9.17) is 11.6 Å². The summed E-state index contributed by atoms with van der Waals surface area (Å²) >= 11 is 5.86. The summed E-state index contributed by atoms with van der Waals surface area (Å²) < 4.78 is 16.2. The highest BCUT2D eigenvalue weighted by molar-refractivity contribution is 6.30. The van der Waals surface area contributed by atoms with Gasteiger partial charge < -0.3 is 14.8 Å². The van der Waals surface area contributed by atoms with Crippen LogP contribution in [0.5, 0.6) is 0 Å². The number of halogens is 2. The second-order valence-corrected chi connectivity index (χ2v) is 10.2. The van der Waals surface area contributed by atoms with E-state index in [0.29, 0.717) is 36.6 Å². The molecule has 2 aromatic rings. The van der Waals surface area contributed by atoms with Crippen LogP contribution in [0.2, 0.25) is 5.02 Å². The third kappa shape index (κ3) is 5.56. The van der Waals surface area contributed by atoms with Crippen molar-refractivity contribution in [3.05, 3.63) is 40.4 Å². The molecule has 0 bridgehead atoms. The first-order chi connectivity index (χ1) is 15.0. The van der Waals surface area contributed by atoms with Crippen LogP contribution in [0.4, 0.5) is 4.39 Å². The van der Waals surface area contributed by atoms with Gasteiger partial charge in [0.05, 0.1) is 10.7 Å². The number of nitrogens with zero attached hydrogens (tertiary/aromatic N) is 3. The molecule has 0 fully saturated rings.